The van der Waals surface area contributed by atoms with E-state index < -0.39 is 29.2 Å². The summed E-state index contributed by atoms with van der Waals surface area (Å²) in [4.78, 5) is 26.2. The lowest BCUT2D eigenvalue weighted by Crippen LogP contribution is -2.65. The Morgan fingerprint density at radius 2 is 1.75 bits per heavy atom. The van der Waals surface area contributed by atoms with Crippen LogP contribution in [0.4, 0.5) is 19.3 Å². The van der Waals surface area contributed by atoms with Crippen molar-refractivity contribution in [3.63, 3.8) is 0 Å². The number of carbonyl (C=O) groups is 2. The zero-order valence-electron chi connectivity index (χ0n) is 21.4. The predicted molar refractivity (Wildman–Crippen MR) is 142 cm³/mol. The number of nitrogens with one attached hydrogen (secondary N) is 1. The highest BCUT2D eigenvalue weighted by atomic mass is 35.5. The number of amides is 2. The molecule has 0 radical (unpaired) electrons. The number of nitrogens with zero attached hydrogens (tertiary/aromatic N) is 2. The van der Waals surface area contributed by atoms with Gasteiger partial charge in [-0.25, -0.2) is 18.4 Å². The highest BCUT2D eigenvalue weighted by molar-refractivity contribution is 6.39. The summed E-state index contributed by atoms with van der Waals surface area (Å²) in [6.45, 7) is 0.271. The third kappa shape index (κ3) is 4.93. The normalized spacial score (nSPS) is 21.6. The van der Waals surface area contributed by atoms with Gasteiger partial charge < -0.3 is 24.2 Å². The molecule has 4 aliphatic rings. The number of piperidine rings is 1. The Hall–Kier alpha value is -3.21. The molecule has 3 heterocycles. The first-order valence-electron chi connectivity index (χ1n) is 13.0. The molecule has 2 saturated carbocycles. The monoisotopic (exact) mass is 591 g/mol. The van der Waals surface area contributed by atoms with Crippen molar-refractivity contribution in [3.05, 3.63) is 68.9 Å². The van der Waals surface area contributed by atoms with E-state index in [0.29, 0.717) is 40.1 Å². The molecule has 1 aromatic heterocycles. The van der Waals surface area contributed by atoms with Crippen LogP contribution in [0.5, 0.6) is 0 Å². The summed E-state index contributed by atoms with van der Waals surface area (Å²) >= 11 is 12.9. The van der Waals surface area contributed by atoms with Crippen molar-refractivity contribution in [1.29, 1.82) is 0 Å². The molecule has 8 nitrogen and oxygen atoms in total. The van der Waals surface area contributed by atoms with Gasteiger partial charge in [0.15, 0.2) is 0 Å². The number of halogens is 4. The molecule has 12 heteroatoms. The Balaban J connectivity index is 1.11. The number of benzene rings is 2. The van der Waals surface area contributed by atoms with E-state index in [4.69, 9.17) is 32.5 Å². The van der Waals surface area contributed by atoms with Gasteiger partial charge in [0, 0.05) is 34.8 Å². The number of esters is 1. The van der Waals surface area contributed by atoms with Gasteiger partial charge in [-0.2, -0.15) is 0 Å². The van der Waals surface area contributed by atoms with Crippen molar-refractivity contribution in [2.45, 2.75) is 62.8 Å². The fraction of sp³-hybridized carbons (Fsp3) is 0.393. The third-order valence-corrected chi connectivity index (χ3v) is 8.38. The first-order valence-corrected chi connectivity index (χ1v) is 13.7. The number of anilines is 1. The van der Waals surface area contributed by atoms with Gasteiger partial charge in [0.25, 0.3) is 0 Å². The number of methoxy groups -OCH3 is 1. The molecular weight excluding hydrogens is 567 g/mol. The molecule has 1 N–H and O–H groups in total. The van der Waals surface area contributed by atoms with E-state index in [-0.39, 0.29) is 30.5 Å². The summed E-state index contributed by atoms with van der Waals surface area (Å²) in [5, 5.41) is 7.79. The largest absolute Gasteiger partial charge is 0.465 e. The minimum atomic E-state index is -1.13. The summed E-state index contributed by atoms with van der Waals surface area (Å²) in [7, 11) is 1.03. The van der Waals surface area contributed by atoms with Crippen LogP contribution in [0.2, 0.25) is 10.0 Å². The molecule has 2 bridgehead atoms. The van der Waals surface area contributed by atoms with Crippen LogP contribution in [0.15, 0.2) is 34.9 Å². The minimum absolute atomic E-state index is 0.0735. The molecule has 210 valence electrons. The number of aromatic nitrogens is 1. The zero-order chi connectivity index (χ0) is 28.1. The van der Waals surface area contributed by atoms with E-state index >= 15 is 0 Å². The van der Waals surface area contributed by atoms with Crippen LogP contribution in [-0.2, 0) is 16.1 Å². The van der Waals surface area contributed by atoms with E-state index in [1.807, 2.05) is 0 Å². The zero-order valence-corrected chi connectivity index (χ0v) is 22.9. The number of urea groups is 1. The molecule has 0 spiro atoms. The Morgan fingerprint density at radius 1 is 1.10 bits per heavy atom. The van der Waals surface area contributed by atoms with Crippen molar-refractivity contribution in [1.82, 2.24) is 10.1 Å². The predicted octanol–water partition coefficient (Wildman–Crippen LogP) is 6.94. The van der Waals surface area contributed by atoms with Crippen molar-refractivity contribution in [2.24, 2.45) is 0 Å². The smallest absolute Gasteiger partial charge is 0.343 e. The van der Waals surface area contributed by atoms with Gasteiger partial charge in [0.05, 0.1) is 29.9 Å². The molecular formula is C28H25Cl2F2N3O5. The number of carbonyl (C=O) groups excluding carboxylic acids is 2. The molecule has 2 saturated heterocycles. The van der Waals surface area contributed by atoms with Crippen LogP contribution >= 0.6 is 23.2 Å². The van der Waals surface area contributed by atoms with Gasteiger partial charge in [0.1, 0.15) is 28.7 Å². The first kappa shape index (κ1) is 27.0. The average Bonchev–Trinajstić information content (AvgIpc) is 3.67. The second-order valence-electron chi connectivity index (χ2n) is 10.3. The summed E-state index contributed by atoms with van der Waals surface area (Å²) in [6, 6.07) is 6.46. The Morgan fingerprint density at radius 3 is 2.35 bits per heavy atom. The van der Waals surface area contributed by atoms with Gasteiger partial charge >= 0.3 is 12.0 Å². The van der Waals surface area contributed by atoms with Crippen LogP contribution < -0.4 is 5.32 Å². The summed E-state index contributed by atoms with van der Waals surface area (Å²) in [5.74, 6) is -2.26. The molecule has 40 heavy (non-hydrogen) atoms. The molecule has 7 rings (SSSR count). The van der Waals surface area contributed by atoms with Crippen LogP contribution in [0.25, 0.3) is 11.3 Å². The quantitative estimate of drug-likeness (QED) is 0.299. The summed E-state index contributed by atoms with van der Waals surface area (Å²) in [6.07, 6.45) is 3.99. The molecule has 2 amide bonds. The maximum atomic E-state index is 14.3. The highest BCUT2D eigenvalue weighted by Crippen LogP contribution is 2.47. The molecule has 4 fully saturated rings. The van der Waals surface area contributed by atoms with Gasteiger partial charge in [0.2, 0.25) is 0 Å². The fourth-order valence-electron chi connectivity index (χ4n) is 5.67. The third-order valence-electron chi connectivity index (χ3n) is 7.75. The number of hydrogen-bond acceptors (Lipinski definition) is 6. The Bertz CT molecular complexity index is 1440. The molecule has 2 unspecified atom stereocenters. The van der Waals surface area contributed by atoms with Crippen molar-refractivity contribution in [3.8, 4) is 11.3 Å². The van der Waals surface area contributed by atoms with Gasteiger partial charge in [-0.3, -0.25) is 0 Å². The van der Waals surface area contributed by atoms with Gasteiger partial charge in [-0.05, 0) is 56.4 Å². The average molecular weight is 592 g/mol. The second-order valence-corrected chi connectivity index (χ2v) is 11.2. The van der Waals surface area contributed by atoms with Crippen molar-refractivity contribution < 1.29 is 32.4 Å². The van der Waals surface area contributed by atoms with Crippen LogP contribution in [0.3, 0.4) is 0 Å². The van der Waals surface area contributed by atoms with Crippen molar-refractivity contribution in [2.75, 3.05) is 12.4 Å². The Kier molecular flexibility index (Phi) is 7.18. The highest BCUT2D eigenvalue weighted by Gasteiger charge is 2.48. The lowest BCUT2D eigenvalue weighted by Gasteiger charge is -2.54. The van der Waals surface area contributed by atoms with E-state index in [1.54, 1.807) is 23.1 Å². The molecule has 2 aromatic carbocycles. The second kappa shape index (κ2) is 10.6. The first-order chi connectivity index (χ1) is 19.2. The minimum Gasteiger partial charge on any atom is -0.465 e. The Labute approximate surface area is 238 Å². The van der Waals surface area contributed by atoms with Gasteiger partial charge in [-0.15, -0.1) is 0 Å². The number of fused-ring (bicyclic) bond motifs is 2. The van der Waals surface area contributed by atoms with Crippen LogP contribution in [0, 0.1) is 11.6 Å². The van der Waals surface area contributed by atoms with Gasteiger partial charge in [-0.1, -0.05) is 34.4 Å². The maximum Gasteiger partial charge on any atom is 0.343 e. The number of hydrogen-bond donors (Lipinski definition) is 1. The SMILES string of the molecule is COC(=O)c1c(F)cc(NC(=O)N2C3CC(OCc4c(-c5c(Cl)cccc5Cl)noc4C4CC4)CC2C3)cc1F. The summed E-state index contributed by atoms with van der Waals surface area (Å²) in [5.41, 5.74) is 1.14. The van der Waals surface area contributed by atoms with E-state index in [1.165, 1.54) is 0 Å². The standard InChI is InChI=1S/C28H25Cl2F2N3O5/c1-38-27(36)24-21(31)7-14(8-22(24)32)33-28(37)35-15-9-16(35)11-17(10-15)39-12-18-25(34-40-26(18)13-5-6-13)23-19(29)3-2-4-20(23)30/h2-4,7-8,13,15-17H,5-6,9-12H2,1H3,(H,33,37). The molecule has 3 aromatic rings. The molecule has 2 aliphatic heterocycles. The summed E-state index contributed by atoms with van der Waals surface area (Å²) < 4.78 is 45.0. The topological polar surface area (TPSA) is 93.9 Å². The maximum absolute atomic E-state index is 14.3. The number of ether oxygens (including phenoxy) is 2. The van der Waals surface area contributed by atoms with Crippen LogP contribution in [0.1, 0.15) is 59.7 Å². The number of rotatable bonds is 7. The van der Waals surface area contributed by atoms with E-state index in [2.05, 4.69) is 15.2 Å². The molecule has 2 atom stereocenters. The lowest BCUT2D eigenvalue weighted by atomic mass is 9.78. The van der Waals surface area contributed by atoms with E-state index in [9.17, 15) is 18.4 Å². The molecule has 2 aliphatic carbocycles. The lowest BCUT2D eigenvalue weighted by molar-refractivity contribution is -0.0837. The van der Waals surface area contributed by atoms with Crippen LogP contribution in [-0.4, -0.2) is 47.4 Å². The van der Waals surface area contributed by atoms with E-state index in [0.717, 1.165) is 49.8 Å². The van der Waals surface area contributed by atoms with Crippen molar-refractivity contribution >= 4 is 40.9 Å². The fourth-order valence-corrected chi connectivity index (χ4v) is 6.25.